The molecule has 4 aromatic rings. The zero-order valence-electron chi connectivity index (χ0n) is 18.6. The summed E-state index contributed by atoms with van der Waals surface area (Å²) >= 11 is 0. The van der Waals surface area contributed by atoms with Gasteiger partial charge in [0.05, 0.1) is 12.6 Å². The molecule has 1 N–H and O–H groups in total. The first-order valence-corrected chi connectivity index (χ1v) is 11.2. The van der Waals surface area contributed by atoms with Crippen molar-refractivity contribution >= 4 is 22.9 Å². The predicted molar refractivity (Wildman–Crippen MR) is 132 cm³/mol. The number of nitrogens with one attached hydrogen (secondary N) is 1. The second-order valence-electron chi connectivity index (χ2n) is 7.91. The molecular formula is C28H24N2O4. The van der Waals surface area contributed by atoms with E-state index < -0.39 is 0 Å². The van der Waals surface area contributed by atoms with Gasteiger partial charge in [0.25, 0.3) is 0 Å². The van der Waals surface area contributed by atoms with Gasteiger partial charge in [0, 0.05) is 5.56 Å². The molecule has 5 rings (SSSR count). The number of rotatable bonds is 7. The Balaban J connectivity index is 1.21. The Morgan fingerprint density at radius 1 is 0.912 bits per heavy atom. The number of fused-ring (bicyclic) bond motifs is 2. The van der Waals surface area contributed by atoms with Gasteiger partial charge < -0.3 is 14.2 Å². The summed E-state index contributed by atoms with van der Waals surface area (Å²) in [6.07, 6.45) is 1.79. The molecule has 1 amide bonds. The number of benzene rings is 4. The van der Waals surface area contributed by atoms with Crippen LogP contribution in [0.2, 0.25) is 0 Å². The van der Waals surface area contributed by atoms with Gasteiger partial charge in [-0.25, -0.2) is 5.43 Å². The van der Waals surface area contributed by atoms with Crippen LogP contribution in [0.3, 0.4) is 0 Å². The number of hydrogen-bond donors (Lipinski definition) is 1. The maximum Gasteiger partial charge on any atom is 0.244 e. The molecule has 0 atom stereocenters. The molecule has 4 aromatic carbocycles. The maximum absolute atomic E-state index is 12.4. The average Bonchev–Trinajstić information content (AvgIpc) is 2.88. The van der Waals surface area contributed by atoms with Crippen LogP contribution < -0.4 is 19.6 Å². The Morgan fingerprint density at radius 3 is 2.65 bits per heavy atom. The number of hydrazone groups is 1. The predicted octanol–water partition coefficient (Wildman–Crippen LogP) is 4.88. The largest absolute Gasteiger partial charge is 0.488 e. The normalized spacial score (nSPS) is 12.6. The van der Waals surface area contributed by atoms with Gasteiger partial charge in [0.2, 0.25) is 5.91 Å². The van der Waals surface area contributed by atoms with Gasteiger partial charge in [-0.3, -0.25) is 4.79 Å². The van der Waals surface area contributed by atoms with Crippen molar-refractivity contribution in [2.75, 3.05) is 13.2 Å². The molecule has 0 saturated carbocycles. The van der Waals surface area contributed by atoms with Crippen molar-refractivity contribution in [2.45, 2.75) is 13.0 Å². The third-order valence-electron chi connectivity index (χ3n) is 5.55. The topological polar surface area (TPSA) is 69.2 Å². The molecule has 1 aliphatic heterocycles. The molecular weight excluding hydrogens is 428 g/mol. The molecule has 0 bridgehead atoms. The zero-order chi connectivity index (χ0) is 23.2. The minimum Gasteiger partial charge on any atom is -0.488 e. The van der Waals surface area contributed by atoms with Crippen molar-refractivity contribution in [3.05, 3.63) is 102 Å². The van der Waals surface area contributed by atoms with E-state index in [-0.39, 0.29) is 12.3 Å². The summed E-state index contributed by atoms with van der Waals surface area (Å²) in [6, 6.07) is 27.5. The van der Waals surface area contributed by atoms with Crippen LogP contribution in [0.25, 0.3) is 10.8 Å². The van der Waals surface area contributed by atoms with Crippen LogP contribution in [0.4, 0.5) is 0 Å². The lowest BCUT2D eigenvalue weighted by molar-refractivity contribution is -0.120. The molecule has 170 valence electrons. The van der Waals surface area contributed by atoms with Gasteiger partial charge >= 0.3 is 0 Å². The van der Waals surface area contributed by atoms with E-state index >= 15 is 0 Å². The second kappa shape index (κ2) is 10.1. The fourth-order valence-electron chi connectivity index (χ4n) is 3.89. The lowest BCUT2D eigenvalue weighted by Gasteiger charge is -2.18. The highest BCUT2D eigenvalue weighted by Gasteiger charge is 2.13. The quantitative estimate of drug-likeness (QED) is 0.320. The van der Waals surface area contributed by atoms with E-state index in [1.807, 2.05) is 60.7 Å². The Bertz CT molecular complexity index is 1340. The van der Waals surface area contributed by atoms with Crippen molar-refractivity contribution in [2.24, 2.45) is 5.10 Å². The highest BCUT2D eigenvalue weighted by molar-refractivity contribution is 5.86. The molecule has 0 aromatic heterocycles. The molecule has 6 heteroatoms. The zero-order valence-corrected chi connectivity index (χ0v) is 18.6. The SMILES string of the molecule is O=C(Cc1ccc2c(c1)OCCO2)NN=Cc1ccccc1OCc1cccc2ccccc12. The molecule has 0 unspecified atom stereocenters. The van der Waals surface area contributed by atoms with E-state index in [4.69, 9.17) is 14.2 Å². The Kier molecular flexibility index (Phi) is 6.38. The number of carbonyl (C=O) groups is 1. The van der Waals surface area contributed by atoms with Crippen molar-refractivity contribution in [1.82, 2.24) is 5.43 Å². The van der Waals surface area contributed by atoms with Crippen LogP contribution in [0.5, 0.6) is 17.2 Å². The van der Waals surface area contributed by atoms with Gasteiger partial charge in [0.15, 0.2) is 11.5 Å². The van der Waals surface area contributed by atoms with Crippen LogP contribution in [0.1, 0.15) is 16.7 Å². The van der Waals surface area contributed by atoms with Gasteiger partial charge in [-0.05, 0) is 46.2 Å². The number of ether oxygens (including phenoxy) is 3. The van der Waals surface area contributed by atoms with E-state index in [0.29, 0.717) is 37.1 Å². The van der Waals surface area contributed by atoms with Crippen LogP contribution in [0, 0.1) is 0 Å². The number of nitrogens with zero attached hydrogens (tertiary/aromatic N) is 1. The molecule has 1 aliphatic rings. The smallest absolute Gasteiger partial charge is 0.244 e. The Morgan fingerprint density at radius 2 is 1.71 bits per heavy atom. The fraction of sp³-hybridized carbons (Fsp3) is 0.143. The summed E-state index contributed by atoms with van der Waals surface area (Å²) in [5, 5.41) is 6.48. The molecule has 0 spiro atoms. The Hall–Kier alpha value is -4.32. The first-order chi connectivity index (χ1) is 16.8. The minimum absolute atomic E-state index is 0.188. The highest BCUT2D eigenvalue weighted by atomic mass is 16.6. The lowest BCUT2D eigenvalue weighted by Crippen LogP contribution is -2.20. The first kappa shape index (κ1) is 21.5. The molecule has 6 nitrogen and oxygen atoms in total. The van der Waals surface area contributed by atoms with Gasteiger partial charge in [-0.1, -0.05) is 60.7 Å². The van der Waals surface area contributed by atoms with Gasteiger partial charge in [-0.15, -0.1) is 0 Å². The van der Waals surface area contributed by atoms with Gasteiger partial charge in [-0.2, -0.15) is 5.10 Å². The molecule has 0 fully saturated rings. The number of carbonyl (C=O) groups excluding carboxylic acids is 1. The average molecular weight is 453 g/mol. The summed E-state index contributed by atoms with van der Waals surface area (Å²) in [7, 11) is 0. The number of para-hydroxylation sites is 1. The van der Waals surface area contributed by atoms with Crippen LogP contribution in [0.15, 0.2) is 90.0 Å². The van der Waals surface area contributed by atoms with Crippen molar-refractivity contribution < 1.29 is 19.0 Å². The van der Waals surface area contributed by atoms with E-state index in [9.17, 15) is 4.79 Å². The van der Waals surface area contributed by atoms with Crippen LogP contribution in [-0.4, -0.2) is 25.3 Å². The summed E-state index contributed by atoms with van der Waals surface area (Å²) < 4.78 is 17.2. The van der Waals surface area contributed by atoms with Crippen LogP contribution >= 0.6 is 0 Å². The number of hydrogen-bond acceptors (Lipinski definition) is 5. The first-order valence-electron chi connectivity index (χ1n) is 11.2. The molecule has 34 heavy (non-hydrogen) atoms. The standard InChI is InChI=1S/C28H24N2O4/c31-28(17-20-12-13-26-27(16-20)33-15-14-32-26)30-29-18-22-7-2-4-11-25(22)34-19-23-9-5-8-21-6-1-3-10-24(21)23/h1-13,16,18H,14-15,17,19H2,(H,30,31). The Labute approximate surface area is 197 Å². The molecule has 0 saturated heterocycles. The highest BCUT2D eigenvalue weighted by Crippen LogP contribution is 2.30. The van der Waals surface area contributed by atoms with E-state index in [0.717, 1.165) is 16.7 Å². The third-order valence-corrected chi connectivity index (χ3v) is 5.55. The summed E-state index contributed by atoms with van der Waals surface area (Å²) in [6.45, 7) is 1.48. The maximum atomic E-state index is 12.4. The molecule has 0 aliphatic carbocycles. The molecule has 0 radical (unpaired) electrons. The van der Waals surface area contributed by atoms with E-state index in [1.165, 1.54) is 10.8 Å². The van der Waals surface area contributed by atoms with Crippen LogP contribution in [-0.2, 0) is 17.8 Å². The minimum atomic E-state index is -0.220. The molecule has 1 heterocycles. The lowest BCUT2D eigenvalue weighted by atomic mass is 10.1. The van der Waals surface area contributed by atoms with E-state index in [1.54, 1.807) is 6.21 Å². The van der Waals surface area contributed by atoms with Crippen molar-refractivity contribution in [1.29, 1.82) is 0 Å². The monoisotopic (exact) mass is 452 g/mol. The van der Waals surface area contributed by atoms with Gasteiger partial charge in [0.1, 0.15) is 25.6 Å². The second-order valence-corrected chi connectivity index (χ2v) is 7.91. The fourth-order valence-corrected chi connectivity index (χ4v) is 3.89. The van der Waals surface area contributed by atoms with Crippen molar-refractivity contribution in [3.63, 3.8) is 0 Å². The third kappa shape index (κ3) is 5.02. The number of amides is 1. The summed E-state index contributed by atoms with van der Waals surface area (Å²) in [5.74, 6) is 1.84. The summed E-state index contributed by atoms with van der Waals surface area (Å²) in [5.41, 5.74) is 5.31. The summed E-state index contributed by atoms with van der Waals surface area (Å²) in [4.78, 5) is 12.4. The van der Waals surface area contributed by atoms with Crippen molar-refractivity contribution in [3.8, 4) is 17.2 Å². The van der Waals surface area contributed by atoms with E-state index in [2.05, 4.69) is 34.8 Å².